The topological polar surface area (TPSA) is 50.1 Å². The molecule has 1 atom stereocenters. The maximum absolute atomic E-state index is 5.30. The first kappa shape index (κ1) is 13.5. The molecule has 1 unspecified atom stereocenters. The van der Waals surface area contributed by atoms with E-state index < -0.39 is 0 Å². The molecule has 5 heteroatoms. The van der Waals surface area contributed by atoms with Crippen LogP contribution in [-0.4, -0.2) is 19.6 Å². The third-order valence-corrected chi connectivity index (χ3v) is 3.01. The molecule has 1 rings (SSSR count). The molecule has 0 aromatic carbocycles. The molecule has 0 radical (unpaired) electrons. The summed E-state index contributed by atoms with van der Waals surface area (Å²) in [6.45, 7) is 5.71. The number of nitrogens with two attached hydrogens (primary N) is 1. The molecule has 0 aliphatic carbocycles. The van der Waals surface area contributed by atoms with Gasteiger partial charge in [-0.05, 0) is 37.8 Å². The van der Waals surface area contributed by atoms with Crippen LogP contribution in [0.5, 0.6) is 0 Å². The van der Waals surface area contributed by atoms with Crippen LogP contribution >= 0.6 is 24.5 Å². The quantitative estimate of drug-likeness (QED) is 0.629. The van der Waals surface area contributed by atoms with Gasteiger partial charge in [0.15, 0.2) is 0 Å². The van der Waals surface area contributed by atoms with E-state index in [-0.39, 0.29) is 12.4 Å². The van der Waals surface area contributed by atoms with Crippen molar-refractivity contribution in [3.05, 3.63) is 0 Å². The summed E-state index contributed by atoms with van der Waals surface area (Å²) >= 11 is 1.23. The summed E-state index contributed by atoms with van der Waals surface area (Å²) in [5.74, 6) is 1.63. The summed E-state index contributed by atoms with van der Waals surface area (Å²) in [6, 6.07) is 0. The minimum atomic E-state index is 0. The zero-order valence-electron chi connectivity index (χ0n) is 8.08. The van der Waals surface area contributed by atoms with Gasteiger partial charge in [-0.1, -0.05) is 6.92 Å². The van der Waals surface area contributed by atoms with Gasteiger partial charge in [0.05, 0.1) is 0 Å². The third-order valence-electron chi connectivity index (χ3n) is 2.68. The lowest BCUT2D eigenvalue weighted by Gasteiger charge is -2.28. The molecule has 1 heterocycles. The van der Waals surface area contributed by atoms with Gasteiger partial charge in [0.1, 0.15) is 0 Å². The van der Waals surface area contributed by atoms with Crippen LogP contribution in [-0.2, 0) is 0 Å². The maximum Gasteiger partial charge on any atom is 0.00988 e. The van der Waals surface area contributed by atoms with E-state index in [1.807, 2.05) is 0 Å². The van der Waals surface area contributed by atoms with Crippen LogP contribution in [0.3, 0.4) is 0 Å². The van der Waals surface area contributed by atoms with Gasteiger partial charge in [0.2, 0.25) is 0 Å². The molecule has 0 aromatic heterocycles. The molecule has 0 bridgehead atoms. The minimum absolute atomic E-state index is 0. The molecule has 1 fully saturated rings. The van der Waals surface area contributed by atoms with E-state index in [1.165, 1.54) is 38.1 Å². The highest BCUT2D eigenvalue weighted by molar-refractivity contribution is 7.95. The lowest BCUT2D eigenvalue weighted by Crippen LogP contribution is -2.33. The summed E-state index contributed by atoms with van der Waals surface area (Å²) in [6.07, 6.45) is 2.64. The Morgan fingerprint density at radius 2 is 2.15 bits per heavy atom. The Bertz CT molecular complexity index is 120. The molecule has 1 saturated heterocycles. The molecule has 1 aliphatic heterocycles. The molecule has 0 spiro atoms. The maximum atomic E-state index is 5.30. The van der Waals surface area contributed by atoms with E-state index in [1.54, 1.807) is 0 Å². The Kier molecular flexibility index (Phi) is 8.20. The molecular weight excluding hydrogens is 206 g/mol. The van der Waals surface area contributed by atoms with Crippen molar-refractivity contribution in [2.24, 2.45) is 17.0 Å². The van der Waals surface area contributed by atoms with Crippen LogP contribution in [0, 0.1) is 11.8 Å². The van der Waals surface area contributed by atoms with Crippen LogP contribution in [0.1, 0.15) is 19.8 Å². The fourth-order valence-electron chi connectivity index (χ4n) is 1.76. The Morgan fingerprint density at radius 3 is 2.69 bits per heavy atom. The first-order valence-electron chi connectivity index (χ1n) is 4.64. The Balaban J connectivity index is 0.00000144. The highest BCUT2D eigenvalue weighted by atomic mass is 35.5. The second-order valence-corrected chi connectivity index (χ2v) is 4.06. The zero-order chi connectivity index (χ0) is 8.81. The molecule has 0 saturated carbocycles. The van der Waals surface area contributed by atoms with Crippen molar-refractivity contribution < 1.29 is 0 Å². The van der Waals surface area contributed by atoms with Crippen molar-refractivity contribution in [1.82, 2.24) is 10.0 Å². The van der Waals surface area contributed by atoms with E-state index in [9.17, 15) is 0 Å². The second kappa shape index (κ2) is 7.88. The minimum Gasteiger partial charge on any atom is -0.317 e. The van der Waals surface area contributed by atoms with E-state index in [0.29, 0.717) is 0 Å². The van der Waals surface area contributed by atoms with Gasteiger partial charge in [-0.3, -0.25) is 9.86 Å². The second-order valence-electron chi connectivity index (χ2n) is 3.53. The Labute approximate surface area is 91.3 Å². The predicted octanol–water partition coefficient (Wildman–Crippen LogP) is 1.16. The summed E-state index contributed by atoms with van der Waals surface area (Å²) in [5, 5.41) is 8.67. The lowest BCUT2D eigenvalue weighted by atomic mass is 9.86. The van der Waals surface area contributed by atoms with Crippen molar-refractivity contribution >= 4 is 24.5 Å². The lowest BCUT2D eigenvalue weighted by molar-refractivity contribution is 0.277. The van der Waals surface area contributed by atoms with Crippen molar-refractivity contribution in [2.75, 3.05) is 19.6 Å². The van der Waals surface area contributed by atoms with Crippen LogP contribution < -0.4 is 15.2 Å². The number of halogens is 1. The van der Waals surface area contributed by atoms with Crippen molar-refractivity contribution in [2.45, 2.75) is 19.8 Å². The normalized spacial score (nSPS) is 20.8. The molecule has 80 valence electrons. The number of hydrogen-bond donors (Lipinski definition) is 3. The number of rotatable bonds is 4. The van der Waals surface area contributed by atoms with Gasteiger partial charge >= 0.3 is 0 Å². The van der Waals surface area contributed by atoms with E-state index in [4.69, 9.17) is 5.14 Å². The standard InChI is InChI=1S/C8H19N3S.ClH/c1-7(6-11-12-9)8-2-4-10-5-3-8;/h7-8,10-11H,2-6,9H2,1H3;1H. The highest BCUT2D eigenvalue weighted by Gasteiger charge is 2.18. The van der Waals surface area contributed by atoms with Crippen molar-refractivity contribution in [3.63, 3.8) is 0 Å². The first-order valence-corrected chi connectivity index (χ1v) is 5.52. The summed E-state index contributed by atoms with van der Waals surface area (Å²) in [4.78, 5) is 0. The molecule has 4 N–H and O–H groups in total. The van der Waals surface area contributed by atoms with Crippen LogP contribution in [0.4, 0.5) is 0 Å². The average Bonchev–Trinajstić information content (AvgIpc) is 2.15. The molecular formula is C8H20ClN3S. The molecule has 0 amide bonds. The smallest absolute Gasteiger partial charge is 0.00988 e. The van der Waals surface area contributed by atoms with E-state index in [0.717, 1.165) is 18.4 Å². The summed E-state index contributed by atoms with van der Waals surface area (Å²) in [7, 11) is 0. The zero-order valence-corrected chi connectivity index (χ0v) is 9.72. The third kappa shape index (κ3) is 5.08. The SMILES string of the molecule is CC(CNSN)C1CCNCC1.Cl. The van der Waals surface area contributed by atoms with Gasteiger partial charge < -0.3 is 5.32 Å². The number of hydrogen-bond acceptors (Lipinski definition) is 4. The summed E-state index contributed by atoms with van der Waals surface area (Å²) in [5.41, 5.74) is 0. The first-order chi connectivity index (χ1) is 5.84. The molecule has 1 aliphatic rings. The van der Waals surface area contributed by atoms with Crippen LogP contribution in [0.15, 0.2) is 0 Å². The molecule has 0 aromatic rings. The Hall–Kier alpha value is 0.520. The molecule has 13 heavy (non-hydrogen) atoms. The van der Waals surface area contributed by atoms with Crippen molar-refractivity contribution in [3.8, 4) is 0 Å². The highest BCUT2D eigenvalue weighted by Crippen LogP contribution is 2.20. The summed E-state index contributed by atoms with van der Waals surface area (Å²) < 4.78 is 3.12. The van der Waals surface area contributed by atoms with E-state index in [2.05, 4.69) is 17.0 Å². The van der Waals surface area contributed by atoms with Gasteiger partial charge in [-0.2, -0.15) is 0 Å². The van der Waals surface area contributed by atoms with Gasteiger partial charge in [-0.15, -0.1) is 12.4 Å². The number of piperidine rings is 1. The predicted molar refractivity (Wildman–Crippen MR) is 61.8 cm³/mol. The number of nitrogens with one attached hydrogen (secondary N) is 2. The fourth-order valence-corrected chi connectivity index (χ4v) is 2.12. The molecule has 3 nitrogen and oxygen atoms in total. The largest absolute Gasteiger partial charge is 0.317 e. The van der Waals surface area contributed by atoms with Crippen LogP contribution in [0.25, 0.3) is 0 Å². The fraction of sp³-hybridized carbons (Fsp3) is 1.00. The average molecular weight is 226 g/mol. The van der Waals surface area contributed by atoms with Gasteiger partial charge in [0, 0.05) is 18.7 Å². The monoisotopic (exact) mass is 225 g/mol. The van der Waals surface area contributed by atoms with Gasteiger partial charge in [-0.25, -0.2) is 0 Å². The van der Waals surface area contributed by atoms with Gasteiger partial charge in [0.25, 0.3) is 0 Å². The van der Waals surface area contributed by atoms with Crippen molar-refractivity contribution in [1.29, 1.82) is 0 Å². The van der Waals surface area contributed by atoms with E-state index >= 15 is 0 Å². The van der Waals surface area contributed by atoms with Crippen LogP contribution in [0.2, 0.25) is 0 Å². The Morgan fingerprint density at radius 1 is 1.54 bits per heavy atom.